The number of halogens is 5. The molecular formula is C20H15Cl2F3N4OS. The van der Waals surface area contributed by atoms with Crippen LogP contribution < -0.4 is 10.5 Å². The minimum atomic E-state index is -4.61. The topological polar surface area (TPSA) is 76.9 Å². The molecule has 162 valence electrons. The Balaban J connectivity index is 2.22. The van der Waals surface area contributed by atoms with E-state index in [1.54, 1.807) is 6.07 Å². The fourth-order valence-corrected chi connectivity index (χ4v) is 4.08. The Morgan fingerprint density at radius 3 is 2.52 bits per heavy atom. The van der Waals surface area contributed by atoms with E-state index in [0.29, 0.717) is 15.9 Å². The number of nitriles is 1. The van der Waals surface area contributed by atoms with E-state index in [2.05, 4.69) is 11.2 Å². The highest BCUT2D eigenvalue weighted by atomic mass is 35.5. The lowest BCUT2D eigenvalue weighted by molar-refractivity contribution is -0.137. The molecule has 0 saturated heterocycles. The molecule has 3 aromatic rings. The number of rotatable bonds is 5. The van der Waals surface area contributed by atoms with Gasteiger partial charge in [0, 0.05) is 10.6 Å². The summed E-state index contributed by atoms with van der Waals surface area (Å²) in [7, 11) is 1.40. The second-order valence-electron chi connectivity index (χ2n) is 7.01. The van der Waals surface area contributed by atoms with Gasteiger partial charge in [0.15, 0.2) is 0 Å². The van der Waals surface area contributed by atoms with Gasteiger partial charge in [-0.05, 0) is 36.8 Å². The maximum Gasteiger partial charge on any atom is 0.416 e. The van der Waals surface area contributed by atoms with Crippen LogP contribution in [0.3, 0.4) is 0 Å². The minimum absolute atomic E-state index is 0.0306. The van der Waals surface area contributed by atoms with Crippen molar-refractivity contribution in [3.8, 4) is 11.9 Å². The Morgan fingerprint density at radius 1 is 1.29 bits per heavy atom. The fraction of sp³-hybridized carbons (Fsp3) is 0.250. The van der Waals surface area contributed by atoms with Crippen molar-refractivity contribution in [1.82, 2.24) is 9.78 Å². The van der Waals surface area contributed by atoms with Gasteiger partial charge >= 0.3 is 6.18 Å². The molecule has 0 aliphatic rings. The van der Waals surface area contributed by atoms with E-state index in [1.807, 2.05) is 0 Å². The fourth-order valence-electron chi connectivity index (χ4n) is 3.34. The third-order valence-electron chi connectivity index (χ3n) is 4.82. The molecule has 0 aliphatic heterocycles. The summed E-state index contributed by atoms with van der Waals surface area (Å²) in [5.41, 5.74) is 3.93. The number of nitrogens with two attached hydrogens (primary N) is 1. The number of nitrogens with zero attached hydrogens (tertiary/aromatic N) is 3. The highest BCUT2D eigenvalue weighted by Crippen LogP contribution is 2.39. The monoisotopic (exact) mass is 486 g/mol. The largest absolute Gasteiger partial charge is 0.481 e. The highest BCUT2D eigenvalue weighted by molar-refractivity contribution is 7.80. The molecular weight excluding hydrogens is 472 g/mol. The standard InChI is InChI=1S/C20H15Cl2F3N4OS/c1-19(8-26,13-5-10(20(23,24)25)3-4-12(13)17(27)31)9-29-18(30-2)16-14(22)6-11(21)7-15(16)28-29/h3-7H,9H2,1-2H3,(H2,27,31). The average molecular weight is 487 g/mol. The summed E-state index contributed by atoms with van der Waals surface area (Å²) in [6.07, 6.45) is -4.61. The van der Waals surface area contributed by atoms with Gasteiger partial charge < -0.3 is 10.5 Å². The second kappa shape index (κ2) is 8.19. The van der Waals surface area contributed by atoms with Crippen LogP contribution in [0.5, 0.6) is 5.88 Å². The minimum Gasteiger partial charge on any atom is -0.481 e. The first-order chi connectivity index (χ1) is 14.4. The van der Waals surface area contributed by atoms with Gasteiger partial charge in [-0.2, -0.15) is 23.5 Å². The van der Waals surface area contributed by atoms with Crippen LogP contribution in [0.15, 0.2) is 30.3 Å². The van der Waals surface area contributed by atoms with Crippen molar-refractivity contribution >= 4 is 51.3 Å². The highest BCUT2D eigenvalue weighted by Gasteiger charge is 2.37. The quantitative estimate of drug-likeness (QED) is 0.482. The summed E-state index contributed by atoms with van der Waals surface area (Å²) < 4.78 is 46.8. The lowest BCUT2D eigenvalue weighted by Gasteiger charge is -2.26. The number of aromatic nitrogens is 2. The zero-order valence-corrected chi connectivity index (χ0v) is 18.5. The van der Waals surface area contributed by atoms with E-state index < -0.39 is 17.2 Å². The number of benzene rings is 2. The van der Waals surface area contributed by atoms with E-state index in [0.717, 1.165) is 12.1 Å². The van der Waals surface area contributed by atoms with Gasteiger partial charge in [0.25, 0.3) is 0 Å². The molecule has 0 spiro atoms. The normalized spacial score (nSPS) is 13.6. The van der Waals surface area contributed by atoms with Crippen molar-refractivity contribution in [3.63, 3.8) is 0 Å². The van der Waals surface area contributed by atoms with Crippen molar-refractivity contribution < 1.29 is 17.9 Å². The molecule has 5 nitrogen and oxygen atoms in total. The molecule has 31 heavy (non-hydrogen) atoms. The Bertz CT molecular complexity index is 1240. The number of hydrogen-bond donors (Lipinski definition) is 1. The zero-order chi connectivity index (χ0) is 23.1. The van der Waals surface area contributed by atoms with Crippen molar-refractivity contribution in [2.45, 2.75) is 25.1 Å². The van der Waals surface area contributed by atoms with Crippen molar-refractivity contribution in [3.05, 3.63) is 57.1 Å². The molecule has 2 N–H and O–H groups in total. The van der Waals surface area contributed by atoms with Crippen molar-refractivity contribution in [2.24, 2.45) is 5.73 Å². The Morgan fingerprint density at radius 2 is 1.97 bits per heavy atom. The molecule has 1 atom stereocenters. The van der Waals surface area contributed by atoms with Gasteiger partial charge in [-0.25, -0.2) is 4.68 Å². The molecule has 3 rings (SSSR count). The molecule has 1 heterocycles. The van der Waals surface area contributed by atoms with Gasteiger partial charge in [0.2, 0.25) is 5.88 Å². The van der Waals surface area contributed by atoms with Crippen LogP contribution in [0.25, 0.3) is 10.9 Å². The van der Waals surface area contributed by atoms with E-state index in [-0.39, 0.29) is 33.6 Å². The number of ether oxygens (including phenoxy) is 1. The van der Waals surface area contributed by atoms with Crippen LogP contribution >= 0.6 is 35.4 Å². The van der Waals surface area contributed by atoms with Crippen molar-refractivity contribution in [1.29, 1.82) is 5.26 Å². The third kappa shape index (κ3) is 4.28. The number of thiocarbonyl (C=S) groups is 1. The van der Waals surface area contributed by atoms with Crippen LogP contribution in [0.1, 0.15) is 23.6 Å². The number of fused-ring (bicyclic) bond motifs is 1. The summed E-state index contributed by atoms with van der Waals surface area (Å²) in [6.45, 7) is 1.32. The summed E-state index contributed by atoms with van der Waals surface area (Å²) in [4.78, 5) is -0.127. The Kier molecular flexibility index (Phi) is 6.11. The molecule has 0 amide bonds. The molecule has 11 heteroatoms. The molecule has 1 aromatic heterocycles. The summed E-state index contributed by atoms with van der Waals surface area (Å²) in [5.74, 6) is 0.238. The van der Waals surface area contributed by atoms with E-state index in [4.69, 9.17) is 45.9 Å². The second-order valence-corrected chi connectivity index (χ2v) is 8.30. The summed E-state index contributed by atoms with van der Waals surface area (Å²) in [5, 5.41) is 15.5. The van der Waals surface area contributed by atoms with Crippen molar-refractivity contribution in [2.75, 3.05) is 7.11 Å². The lowest BCUT2D eigenvalue weighted by atomic mass is 9.80. The maximum absolute atomic E-state index is 13.3. The number of alkyl halides is 3. The maximum atomic E-state index is 13.3. The van der Waals surface area contributed by atoms with Crippen LogP contribution in [-0.2, 0) is 18.1 Å². The van der Waals surface area contributed by atoms with Crippen LogP contribution in [0.4, 0.5) is 13.2 Å². The van der Waals surface area contributed by atoms with Crippen LogP contribution in [0, 0.1) is 11.3 Å². The smallest absolute Gasteiger partial charge is 0.416 e. The molecule has 0 saturated carbocycles. The van der Waals surface area contributed by atoms with Gasteiger partial charge in [-0.1, -0.05) is 41.5 Å². The first-order valence-electron chi connectivity index (χ1n) is 8.73. The average Bonchev–Trinajstić information content (AvgIpc) is 3.03. The first kappa shape index (κ1) is 23.1. The summed E-state index contributed by atoms with van der Waals surface area (Å²) in [6, 6.07) is 8.09. The Hall–Kier alpha value is -2.54. The van der Waals surface area contributed by atoms with Gasteiger partial charge in [-0.15, -0.1) is 0 Å². The van der Waals surface area contributed by atoms with E-state index >= 15 is 0 Å². The van der Waals surface area contributed by atoms with Crippen LogP contribution in [0.2, 0.25) is 10.0 Å². The van der Waals surface area contributed by atoms with Gasteiger partial charge in [-0.3, -0.25) is 0 Å². The SMILES string of the molecule is COc1c2c(Cl)cc(Cl)cc2nn1CC(C)(C#N)c1cc(C(F)(F)F)ccc1C(N)=S. The predicted octanol–water partition coefficient (Wildman–Crippen LogP) is 5.49. The van der Waals surface area contributed by atoms with E-state index in [9.17, 15) is 18.4 Å². The molecule has 0 bridgehead atoms. The first-order valence-corrected chi connectivity index (χ1v) is 9.90. The molecule has 2 aromatic carbocycles. The van der Waals surface area contributed by atoms with E-state index in [1.165, 1.54) is 30.8 Å². The lowest BCUT2D eigenvalue weighted by Crippen LogP contribution is -2.31. The summed E-state index contributed by atoms with van der Waals surface area (Å²) >= 11 is 17.3. The van der Waals surface area contributed by atoms with Crippen LogP contribution in [-0.4, -0.2) is 21.9 Å². The molecule has 1 unspecified atom stereocenters. The Labute approximate surface area is 191 Å². The predicted molar refractivity (Wildman–Crippen MR) is 117 cm³/mol. The number of hydrogen-bond acceptors (Lipinski definition) is 4. The molecule has 0 fully saturated rings. The zero-order valence-electron chi connectivity index (χ0n) is 16.2. The molecule has 0 radical (unpaired) electrons. The number of methoxy groups -OCH3 is 1. The van der Waals surface area contributed by atoms with Gasteiger partial charge in [0.1, 0.15) is 4.99 Å². The van der Waals surface area contributed by atoms with Gasteiger partial charge in [0.05, 0.1) is 46.6 Å². The third-order valence-corrected chi connectivity index (χ3v) is 5.56. The molecule has 0 aliphatic carbocycles.